The molecule has 1 aliphatic heterocycles. The molecule has 0 fully saturated rings. The molecule has 0 atom stereocenters. The highest BCUT2D eigenvalue weighted by Crippen LogP contribution is 2.32. The highest BCUT2D eigenvalue weighted by atomic mass is 16.3. The van der Waals surface area contributed by atoms with Crippen molar-refractivity contribution in [1.29, 1.82) is 0 Å². The predicted molar refractivity (Wildman–Crippen MR) is 78.0 cm³/mol. The van der Waals surface area contributed by atoms with Gasteiger partial charge in [-0.25, -0.2) is 0 Å². The zero-order valence-electron chi connectivity index (χ0n) is 11.4. The SMILES string of the molecule is CN1CCN(C(=O)c2coc(CN)c2)c2ccccc21. The molecule has 20 heavy (non-hydrogen) atoms. The van der Waals surface area contributed by atoms with Crippen LogP contribution in [0, 0.1) is 0 Å². The monoisotopic (exact) mass is 271 g/mol. The van der Waals surface area contributed by atoms with Crippen molar-refractivity contribution in [2.75, 3.05) is 29.9 Å². The fourth-order valence-electron chi connectivity index (χ4n) is 2.47. The molecule has 5 nitrogen and oxygen atoms in total. The minimum atomic E-state index is -0.0472. The van der Waals surface area contributed by atoms with Crippen LogP contribution in [-0.2, 0) is 6.54 Å². The van der Waals surface area contributed by atoms with Crippen molar-refractivity contribution in [3.63, 3.8) is 0 Å². The third-order valence-electron chi connectivity index (χ3n) is 3.59. The zero-order valence-corrected chi connectivity index (χ0v) is 11.4. The number of hydrogen-bond donors (Lipinski definition) is 1. The van der Waals surface area contributed by atoms with Crippen molar-refractivity contribution in [2.24, 2.45) is 5.73 Å². The van der Waals surface area contributed by atoms with Gasteiger partial charge in [-0.1, -0.05) is 12.1 Å². The summed E-state index contributed by atoms with van der Waals surface area (Å²) in [6.45, 7) is 1.77. The predicted octanol–water partition coefficient (Wildman–Crippen LogP) is 1.83. The van der Waals surface area contributed by atoms with Crippen LogP contribution < -0.4 is 15.5 Å². The normalized spacial score (nSPS) is 14.3. The lowest BCUT2D eigenvalue weighted by Crippen LogP contribution is -2.42. The van der Waals surface area contributed by atoms with Crippen molar-refractivity contribution in [3.8, 4) is 0 Å². The van der Waals surface area contributed by atoms with Crippen LogP contribution in [-0.4, -0.2) is 26.0 Å². The van der Waals surface area contributed by atoms with Crippen LogP contribution in [0.5, 0.6) is 0 Å². The van der Waals surface area contributed by atoms with Gasteiger partial charge in [0.1, 0.15) is 12.0 Å². The van der Waals surface area contributed by atoms with Crippen molar-refractivity contribution >= 4 is 17.3 Å². The number of anilines is 2. The Morgan fingerprint density at radius 2 is 2.05 bits per heavy atom. The van der Waals surface area contributed by atoms with E-state index in [-0.39, 0.29) is 5.91 Å². The van der Waals surface area contributed by atoms with Crippen LogP contribution in [0.4, 0.5) is 11.4 Å². The Bertz CT molecular complexity index is 636. The molecule has 0 spiro atoms. The molecule has 0 unspecified atom stereocenters. The molecule has 0 aliphatic carbocycles. The van der Waals surface area contributed by atoms with Crippen molar-refractivity contribution in [3.05, 3.63) is 47.9 Å². The van der Waals surface area contributed by atoms with E-state index < -0.39 is 0 Å². The molecule has 2 heterocycles. The Hall–Kier alpha value is -2.27. The number of nitrogens with zero attached hydrogens (tertiary/aromatic N) is 2. The summed E-state index contributed by atoms with van der Waals surface area (Å²) < 4.78 is 5.25. The van der Waals surface area contributed by atoms with Gasteiger partial charge in [-0.15, -0.1) is 0 Å². The topological polar surface area (TPSA) is 62.7 Å². The standard InChI is InChI=1S/C15H17N3O2/c1-17-6-7-18(14-5-3-2-4-13(14)17)15(19)11-8-12(9-16)20-10-11/h2-5,8,10H,6-7,9,16H2,1H3. The fraction of sp³-hybridized carbons (Fsp3) is 0.267. The molecule has 1 amide bonds. The van der Waals surface area contributed by atoms with E-state index in [4.69, 9.17) is 10.2 Å². The number of benzene rings is 1. The summed E-state index contributed by atoms with van der Waals surface area (Å²) in [4.78, 5) is 16.5. The number of rotatable bonds is 2. The minimum Gasteiger partial charge on any atom is -0.467 e. The molecule has 2 aromatic rings. The van der Waals surface area contributed by atoms with Crippen LogP contribution in [0.25, 0.3) is 0 Å². The summed E-state index contributed by atoms with van der Waals surface area (Å²) in [5.74, 6) is 0.574. The summed E-state index contributed by atoms with van der Waals surface area (Å²) in [6, 6.07) is 9.62. The first kappa shape index (κ1) is 12.7. The van der Waals surface area contributed by atoms with E-state index in [1.807, 2.05) is 31.3 Å². The van der Waals surface area contributed by atoms with Crippen LogP contribution in [0.2, 0.25) is 0 Å². The molecule has 1 aromatic heterocycles. The van der Waals surface area contributed by atoms with Crippen molar-refractivity contribution < 1.29 is 9.21 Å². The van der Waals surface area contributed by atoms with Gasteiger partial charge in [0.25, 0.3) is 5.91 Å². The van der Waals surface area contributed by atoms with E-state index in [1.165, 1.54) is 6.26 Å². The van der Waals surface area contributed by atoms with Gasteiger partial charge >= 0.3 is 0 Å². The van der Waals surface area contributed by atoms with E-state index in [1.54, 1.807) is 11.0 Å². The summed E-state index contributed by atoms with van der Waals surface area (Å²) in [5, 5.41) is 0. The number of nitrogens with two attached hydrogens (primary N) is 1. The maximum atomic E-state index is 12.6. The van der Waals surface area contributed by atoms with Gasteiger partial charge in [0, 0.05) is 20.1 Å². The first-order chi connectivity index (χ1) is 9.70. The zero-order chi connectivity index (χ0) is 14.1. The number of carbonyl (C=O) groups is 1. The highest BCUT2D eigenvalue weighted by Gasteiger charge is 2.26. The summed E-state index contributed by atoms with van der Waals surface area (Å²) >= 11 is 0. The largest absolute Gasteiger partial charge is 0.467 e. The molecule has 0 radical (unpaired) electrons. The lowest BCUT2D eigenvalue weighted by Gasteiger charge is -2.35. The van der Waals surface area contributed by atoms with Crippen LogP contribution in [0.3, 0.4) is 0 Å². The number of carbonyl (C=O) groups excluding carboxylic acids is 1. The first-order valence-corrected chi connectivity index (χ1v) is 6.60. The fourth-order valence-corrected chi connectivity index (χ4v) is 2.47. The Kier molecular flexibility index (Phi) is 3.20. The van der Waals surface area contributed by atoms with E-state index in [0.717, 1.165) is 17.9 Å². The molecular weight excluding hydrogens is 254 g/mol. The van der Waals surface area contributed by atoms with Gasteiger partial charge in [-0.3, -0.25) is 4.79 Å². The molecule has 2 N–H and O–H groups in total. The number of hydrogen-bond acceptors (Lipinski definition) is 4. The van der Waals surface area contributed by atoms with E-state index in [9.17, 15) is 4.79 Å². The molecule has 1 aliphatic rings. The van der Waals surface area contributed by atoms with Crippen LogP contribution >= 0.6 is 0 Å². The highest BCUT2D eigenvalue weighted by molar-refractivity contribution is 6.08. The molecule has 104 valence electrons. The van der Waals surface area contributed by atoms with Gasteiger partial charge in [0.05, 0.1) is 23.5 Å². The second-order valence-electron chi connectivity index (χ2n) is 4.87. The lowest BCUT2D eigenvalue weighted by molar-refractivity contribution is 0.0986. The van der Waals surface area contributed by atoms with Gasteiger partial charge in [-0.2, -0.15) is 0 Å². The maximum absolute atomic E-state index is 12.6. The molecule has 3 rings (SSSR count). The van der Waals surface area contributed by atoms with Gasteiger partial charge in [-0.05, 0) is 18.2 Å². The van der Waals surface area contributed by atoms with E-state index >= 15 is 0 Å². The molecule has 0 saturated carbocycles. The van der Waals surface area contributed by atoms with Crippen LogP contribution in [0.15, 0.2) is 41.0 Å². The average molecular weight is 271 g/mol. The van der Waals surface area contributed by atoms with E-state index in [2.05, 4.69) is 4.90 Å². The average Bonchev–Trinajstić information content (AvgIpc) is 2.96. The lowest BCUT2D eigenvalue weighted by atomic mass is 10.1. The smallest absolute Gasteiger partial charge is 0.261 e. The second kappa shape index (κ2) is 5.02. The van der Waals surface area contributed by atoms with Gasteiger partial charge in [0.15, 0.2) is 0 Å². The van der Waals surface area contributed by atoms with Crippen molar-refractivity contribution in [1.82, 2.24) is 0 Å². The Morgan fingerprint density at radius 3 is 2.75 bits per heavy atom. The number of fused-ring (bicyclic) bond motifs is 1. The number of likely N-dealkylation sites (N-methyl/N-ethyl adjacent to an activating group) is 1. The van der Waals surface area contributed by atoms with Gasteiger partial charge < -0.3 is 20.0 Å². The Labute approximate surface area is 117 Å². The molecule has 5 heteroatoms. The molecule has 0 bridgehead atoms. The molecule has 1 aromatic carbocycles. The summed E-state index contributed by atoms with van der Waals surface area (Å²) in [6.07, 6.45) is 1.48. The van der Waals surface area contributed by atoms with Crippen molar-refractivity contribution in [2.45, 2.75) is 6.54 Å². The Morgan fingerprint density at radius 1 is 1.30 bits per heavy atom. The first-order valence-electron chi connectivity index (χ1n) is 6.60. The van der Waals surface area contributed by atoms with E-state index in [0.29, 0.717) is 24.4 Å². The maximum Gasteiger partial charge on any atom is 0.261 e. The third-order valence-corrected chi connectivity index (χ3v) is 3.59. The summed E-state index contributed by atoms with van der Waals surface area (Å²) in [5.41, 5.74) is 8.05. The quantitative estimate of drug-likeness (QED) is 0.905. The minimum absolute atomic E-state index is 0.0472. The molecule has 0 saturated heterocycles. The number of furan rings is 1. The second-order valence-corrected chi connectivity index (χ2v) is 4.87. The summed E-state index contributed by atoms with van der Waals surface area (Å²) in [7, 11) is 2.03. The Balaban J connectivity index is 1.95. The number of amides is 1. The molecular formula is C15H17N3O2. The number of para-hydroxylation sites is 2. The van der Waals surface area contributed by atoms with Gasteiger partial charge in [0.2, 0.25) is 0 Å². The van der Waals surface area contributed by atoms with Crippen LogP contribution in [0.1, 0.15) is 16.1 Å². The third kappa shape index (κ3) is 2.06.